The van der Waals surface area contributed by atoms with Crippen LogP contribution in [0.5, 0.6) is 0 Å². The molecule has 0 unspecified atom stereocenters. The number of para-hydroxylation sites is 1. The molecule has 6 nitrogen and oxygen atoms in total. The summed E-state index contributed by atoms with van der Waals surface area (Å²) in [5, 5.41) is 9.03. The smallest absolute Gasteiger partial charge is 0.357 e. The number of carbonyl (C=O) groups is 2. The molecule has 0 aliphatic heterocycles. The van der Waals surface area contributed by atoms with Crippen LogP contribution in [0.2, 0.25) is 0 Å². The third-order valence-corrected chi connectivity index (χ3v) is 4.36. The van der Waals surface area contributed by atoms with Crippen LogP contribution in [0.4, 0.5) is 0 Å². The Labute approximate surface area is 154 Å². The van der Waals surface area contributed by atoms with E-state index in [4.69, 9.17) is 4.74 Å². The summed E-state index contributed by atoms with van der Waals surface area (Å²) in [6, 6.07) is 14.8. The van der Waals surface area contributed by atoms with E-state index in [9.17, 15) is 9.59 Å². The maximum atomic E-state index is 12.5. The van der Waals surface area contributed by atoms with E-state index in [-0.39, 0.29) is 18.2 Å². The van der Waals surface area contributed by atoms with Crippen LogP contribution >= 0.6 is 11.3 Å². The van der Waals surface area contributed by atoms with Gasteiger partial charge in [0.25, 0.3) is 5.91 Å². The lowest BCUT2D eigenvalue weighted by Crippen LogP contribution is -2.29. The minimum absolute atomic E-state index is 0.260. The molecule has 1 N–H and O–H groups in total. The molecule has 3 aromatic rings. The Morgan fingerprint density at radius 3 is 2.73 bits per heavy atom. The van der Waals surface area contributed by atoms with Crippen LogP contribution in [0.15, 0.2) is 66.6 Å². The number of carbonyl (C=O) groups excluding carboxylic acids is 2. The lowest BCUT2D eigenvalue weighted by atomic mass is 10.3. The molecule has 3 rings (SSSR count). The van der Waals surface area contributed by atoms with Gasteiger partial charge in [0.05, 0.1) is 10.6 Å². The monoisotopic (exact) mass is 367 g/mol. The average molecular weight is 367 g/mol. The predicted molar refractivity (Wildman–Crippen MR) is 100 cm³/mol. The van der Waals surface area contributed by atoms with E-state index in [0.717, 1.165) is 10.6 Å². The summed E-state index contributed by atoms with van der Waals surface area (Å²) in [5.41, 5.74) is 1.67. The van der Waals surface area contributed by atoms with Crippen molar-refractivity contribution in [2.24, 2.45) is 0 Å². The van der Waals surface area contributed by atoms with Gasteiger partial charge in [-0.2, -0.15) is 5.10 Å². The van der Waals surface area contributed by atoms with Crippen molar-refractivity contribution in [2.45, 2.75) is 0 Å². The molecule has 26 heavy (non-hydrogen) atoms. The van der Waals surface area contributed by atoms with Crippen LogP contribution in [0, 0.1) is 0 Å². The van der Waals surface area contributed by atoms with E-state index in [1.165, 1.54) is 16.0 Å². The highest BCUT2D eigenvalue weighted by Crippen LogP contribution is 2.26. The first-order valence-electron chi connectivity index (χ1n) is 7.93. The minimum Gasteiger partial charge on any atom is -0.451 e. The zero-order valence-electron chi connectivity index (χ0n) is 13.9. The second-order valence-corrected chi connectivity index (χ2v) is 6.26. The number of rotatable bonds is 7. The Kier molecular flexibility index (Phi) is 5.60. The standard InChI is InChI=1S/C19H17N3O3S/c1-2-10-20-18(23)13-25-19(24)16-12-15(17-9-6-11-26-17)21-22(16)14-7-4-3-5-8-14/h2-9,11-12H,1,10,13H2,(H,20,23). The van der Waals surface area contributed by atoms with Gasteiger partial charge >= 0.3 is 5.97 Å². The Morgan fingerprint density at radius 2 is 2.04 bits per heavy atom. The van der Waals surface area contributed by atoms with Gasteiger partial charge in [0.1, 0.15) is 5.69 Å². The van der Waals surface area contributed by atoms with Gasteiger partial charge in [0.15, 0.2) is 12.3 Å². The summed E-state index contributed by atoms with van der Waals surface area (Å²) in [7, 11) is 0. The van der Waals surface area contributed by atoms with Crippen LogP contribution in [0.25, 0.3) is 16.3 Å². The Morgan fingerprint density at radius 1 is 1.23 bits per heavy atom. The summed E-state index contributed by atoms with van der Waals surface area (Å²) in [6.07, 6.45) is 1.55. The second kappa shape index (κ2) is 8.26. The molecule has 1 amide bonds. The summed E-state index contributed by atoms with van der Waals surface area (Å²) in [4.78, 5) is 25.1. The zero-order chi connectivity index (χ0) is 18.4. The number of nitrogens with zero attached hydrogens (tertiary/aromatic N) is 2. The van der Waals surface area contributed by atoms with Gasteiger partial charge in [0.2, 0.25) is 0 Å². The van der Waals surface area contributed by atoms with Crippen LogP contribution < -0.4 is 5.32 Å². The number of esters is 1. The molecule has 0 spiro atoms. The van der Waals surface area contributed by atoms with Crippen molar-refractivity contribution in [1.82, 2.24) is 15.1 Å². The van der Waals surface area contributed by atoms with Crippen molar-refractivity contribution in [1.29, 1.82) is 0 Å². The fourth-order valence-corrected chi connectivity index (χ4v) is 2.96. The van der Waals surface area contributed by atoms with Gasteiger partial charge in [0, 0.05) is 12.6 Å². The number of hydrogen-bond donors (Lipinski definition) is 1. The van der Waals surface area contributed by atoms with Gasteiger partial charge in [-0.1, -0.05) is 30.3 Å². The van der Waals surface area contributed by atoms with Gasteiger partial charge in [-0.3, -0.25) is 4.79 Å². The van der Waals surface area contributed by atoms with Crippen molar-refractivity contribution in [3.05, 3.63) is 72.3 Å². The number of amides is 1. The Bertz CT molecular complexity index is 902. The highest BCUT2D eigenvalue weighted by atomic mass is 32.1. The van der Waals surface area contributed by atoms with Gasteiger partial charge in [-0.05, 0) is 23.6 Å². The third kappa shape index (κ3) is 4.07. The maximum absolute atomic E-state index is 12.5. The first-order chi connectivity index (χ1) is 12.7. The number of benzene rings is 1. The first kappa shape index (κ1) is 17.6. The van der Waals surface area contributed by atoms with E-state index in [0.29, 0.717) is 12.2 Å². The van der Waals surface area contributed by atoms with Gasteiger partial charge in [-0.15, -0.1) is 17.9 Å². The minimum atomic E-state index is -0.613. The molecule has 7 heteroatoms. The zero-order valence-corrected chi connectivity index (χ0v) is 14.7. The molecule has 2 heterocycles. The molecule has 132 valence electrons. The van der Waals surface area contributed by atoms with Crippen LogP contribution in [0.1, 0.15) is 10.5 Å². The summed E-state index contributed by atoms with van der Waals surface area (Å²) in [5.74, 6) is -1.000. The van der Waals surface area contributed by atoms with E-state index >= 15 is 0 Å². The number of aromatic nitrogens is 2. The number of hydrogen-bond acceptors (Lipinski definition) is 5. The number of thiophene rings is 1. The highest BCUT2D eigenvalue weighted by Gasteiger charge is 2.20. The van der Waals surface area contributed by atoms with E-state index < -0.39 is 5.97 Å². The normalized spacial score (nSPS) is 10.3. The molecule has 2 aromatic heterocycles. The second-order valence-electron chi connectivity index (χ2n) is 5.31. The molecular weight excluding hydrogens is 350 g/mol. The first-order valence-corrected chi connectivity index (χ1v) is 8.81. The summed E-state index contributed by atoms with van der Waals surface area (Å²) >= 11 is 1.53. The highest BCUT2D eigenvalue weighted by molar-refractivity contribution is 7.13. The number of ether oxygens (including phenoxy) is 1. The summed E-state index contributed by atoms with van der Waals surface area (Å²) in [6.45, 7) is 3.47. The third-order valence-electron chi connectivity index (χ3n) is 3.47. The Hall–Kier alpha value is -3.19. The SMILES string of the molecule is C=CCNC(=O)COC(=O)c1cc(-c2cccs2)nn1-c1ccccc1. The van der Waals surface area contributed by atoms with Crippen LogP contribution in [-0.2, 0) is 9.53 Å². The molecule has 0 atom stereocenters. The fourth-order valence-electron chi connectivity index (χ4n) is 2.28. The molecule has 0 aliphatic carbocycles. The summed E-state index contributed by atoms with van der Waals surface area (Å²) < 4.78 is 6.66. The molecule has 0 fully saturated rings. The molecular formula is C19H17N3O3S. The number of nitrogens with one attached hydrogen (secondary N) is 1. The van der Waals surface area contributed by atoms with Crippen LogP contribution in [-0.4, -0.2) is 34.8 Å². The van der Waals surface area contributed by atoms with Crippen molar-refractivity contribution in [3.8, 4) is 16.3 Å². The lowest BCUT2D eigenvalue weighted by molar-refractivity contribution is -0.124. The van der Waals surface area contributed by atoms with Crippen molar-refractivity contribution < 1.29 is 14.3 Å². The van der Waals surface area contributed by atoms with E-state index in [1.807, 2.05) is 47.8 Å². The Balaban J connectivity index is 1.86. The van der Waals surface area contributed by atoms with Gasteiger partial charge < -0.3 is 10.1 Å². The molecule has 0 saturated heterocycles. The predicted octanol–water partition coefficient (Wildman–Crippen LogP) is 3.06. The fraction of sp³-hybridized carbons (Fsp3) is 0.105. The average Bonchev–Trinajstić information content (AvgIpc) is 3.34. The largest absolute Gasteiger partial charge is 0.451 e. The van der Waals surface area contributed by atoms with Crippen LogP contribution in [0.3, 0.4) is 0 Å². The van der Waals surface area contributed by atoms with E-state index in [2.05, 4.69) is 17.0 Å². The molecule has 1 aromatic carbocycles. The van der Waals surface area contributed by atoms with Crippen molar-refractivity contribution in [2.75, 3.05) is 13.2 Å². The molecule has 0 radical (unpaired) electrons. The van der Waals surface area contributed by atoms with Crippen molar-refractivity contribution in [3.63, 3.8) is 0 Å². The molecule has 0 aliphatic rings. The van der Waals surface area contributed by atoms with Gasteiger partial charge in [-0.25, -0.2) is 9.48 Å². The van der Waals surface area contributed by atoms with E-state index in [1.54, 1.807) is 12.1 Å². The maximum Gasteiger partial charge on any atom is 0.357 e. The quantitative estimate of drug-likeness (QED) is 0.514. The molecule has 0 bridgehead atoms. The topological polar surface area (TPSA) is 73.2 Å². The lowest BCUT2D eigenvalue weighted by Gasteiger charge is -2.07. The van der Waals surface area contributed by atoms with Crippen molar-refractivity contribution >= 4 is 23.2 Å². The molecule has 0 saturated carbocycles.